The predicted molar refractivity (Wildman–Crippen MR) is 123 cm³/mol. The molecular weight excluding hydrogens is 434 g/mol. The standard InChI is InChI=1S/C12H18O.C8H6BrNO3.C3H8/c1-10(2)8-9-13-12-6-4-11(3)5-7-12;9-5-1-2-7(10-4-11)6(3-5)8(12)13;1-3-2/h4-7,10H,8-9H2,1-3H3;1-4H,(H,10,11)(H,12,13);3H2,1-2H3. The number of halogens is 1. The van der Waals surface area contributed by atoms with Gasteiger partial charge in [-0.15, -0.1) is 0 Å². The average molecular weight is 466 g/mol. The van der Waals surface area contributed by atoms with Gasteiger partial charge < -0.3 is 15.2 Å². The van der Waals surface area contributed by atoms with E-state index in [-0.39, 0.29) is 11.3 Å². The molecule has 0 aromatic heterocycles. The second kappa shape index (κ2) is 15.6. The number of aryl methyl sites for hydroxylation is 1. The quantitative estimate of drug-likeness (QED) is 0.454. The number of carbonyl (C=O) groups excluding carboxylic acids is 1. The number of amides is 1. The number of rotatable bonds is 7. The van der Waals surface area contributed by atoms with E-state index in [1.807, 2.05) is 12.1 Å². The summed E-state index contributed by atoms with van der Waals surface area (Å²) >= 11 is 3.14. The second-order valence-electron chi connectivity index (χ2n) is 6.81. The van der Waals surface area contributed by atoms with Crippen molar-refractivity contribution in [1.82, 2.24) is 0 Å². The average Bonchev–Trinajstić information content (AvgIpc) is 2.66. The molecule has 160 valence electrons. The third kappa shape index (κ3) is 12.7. The normalized spacial score (nSPS) is 9.48. The highest BCUT2D eigenvalue weighted by Crippen LogP contribution is 2.20. The van der Waals surface area contributed by atoms with Gasteiger partial charge >= 0.3 is 5.97 Å². The molecular formula is C23H32BrNO4. The number of hydrogen-bond acceptors (Lipinski definition) is 3. The fourth-order valence-electron chi connectivity index (χ4n) is 1.93. The first-order valence-corrected chi connectivity index (χ1v) is 10.5. The largest absolute Gasteiger partial charge is 0.494 e. The van der Waals surface area contributed by atoms with Crippen LogP contribution in [0.4, 0.5) is 5.69 Å². The lowest BCUT2D eigenvalue weighted by Gasteiger charge is -2.07. The molecule has 2 rings (SSSR count). The van der Waals surface area contributed by atoms with Gasteiger partial charge in [0.1, 0.15) is 5.75 Å². The zero-order chi connectivity index (χ0) is 22.2. The van der Waals surface area contributed by atoms with Crippen molar-refractivity contribution in [3.8, 4) is 5.75 Å². The summed E-state index contributed by atoms with van der Waals surface area (Å²) in [4.78, 5) is 20.8. The summed E-state index contributed by atoms with van der Waals surface area (Å²) < 4.78 is 6.23. The van der Waals surface area contributed by atoms with E-state index in [1.165, 1.54) is 24.1 Å². The van der Waals surface area contributed by atoms with Crippen LogP contribution in [0.15, 0.2) is 46.9 Å². The summed E-state index contributed by atoms with van der Waals surface area (Å²) in [6.07, 6.45) is 2.81. The van der Waals surface area contributed by atoms with Crippen LogP contribution in [0.2, 0.25) is 0 Å². The van der Waals surface area contributed by atoms with Gasteiger partial charge in [-0.05, 0) is 49.6 Å². The number of hydrogen-bond donors (Lipinski definition) is 2. The Hall–Kier alpha value is -2.34. The van der Waals surface area contributed by atoms with E-state index >= 15 is 0 Å². The molecule has 29 heavy (non-hydrogen) atoms. The van der Waals surface area contributed by atoms with Gasteiger partial charge in [-0.25, -0.2) is 4.79 Å². The number of benzene rings is 2. The van der Waals surface area contributed by atoms with Crippen LogP contribution in [0, 0.1) is 12.8 Å². The first-order valence-electron chi connectivity index (χ1n) is 9.67. The second-order valence-corrected chi connectivity index (χ2v) is 7.72. The van der Waals surface area contributed by atoms with Crippen molar-refractivity contribution in [3.05, 3.63) is 58.1 Å². The Kier molecular flexibility index (Phi) is 14.3. The molecule has 0 saturated carbocycles. The van der Waals surface area contributed by atoms with Crippen molar-refractivity contribution < 1.29 is 19.4 Å². The van der Waals surface area contributed by atoms with E-state index in [1.54, 1.807) is 6.07 Å². The summed E-state index contributed by atoms with van der Waals surface area (Å²) in [5.74, 6) is 0.613. The Morgan fingerprint density at radius 1 is 1.17 bits per heavy atom. The monoisotopic (exact) mass is 465 g/mol. The molecule has 0 saturated heterocycles. The van der Waals surface area contributed by atoms with Crippen LogP contribution in [0.5, 0.6) is 5.75 Å². The topological polar surface area (TPSA) is 75.6 Å². The molecule has 0 fully saturated rings. The molecule has 6 heteroatoms. The van der Waals surface area contributed by atoms with Gasteiger partial charge in [0.25, 0.3) is 0 Å². The van der Waals surface area contributed by atoms with Crippen LogP contribution < -0.4 is 10.1 Å². The van der Waals surface area contributed by atoms with Crippen LogP contribution in [-0.2, 0) is 4.79 Å². The van der Waals surface area contributed by atoms with Crippen molar-refractivity contribution in [2.24, 2.45) is 5.92 Å². The number of carbonyl (C=O) groups is 2. The van der Waals surface area contributed by atoms with Crippen molar-refractivity contribution >= 4 is 34.0 Å². The minimum atomic E-state index is -1.08. The Balaban J connectivity index is 0.000000477. The molecule has 0 heterocycles. The maximum Gasteiger partial charge on any atom is 0.337 e. The molecule has 0 radical (unpaired) electrons. The lowest BCUT2D eigenvalue weighted by Crippen LogP contribution is -2.04. The summed E-state index contributed by atoms with van der Waals surface area (Å²) in [5, 5.41) is 11.0. The number of carboxylic acid groups (broad SMARTS) is 1. The summed E-state index contributed by atoms with van der Waals surface area (Å²) in [6, 6.07) is 12.8. The number of aromatic carboxylic acids is 1. The van der Waals surface area contributed by atoms with Crippen molar-refractivity contribution in [3.63, 3.8) is 0 Å². The van der Waals surface area contributed by atoms with E-state index < -0.39 is 5.97 Å². The maximum atomic E-state index is 10.7. The van der Waals surface area contributed by atoms with Gasteiger partial charge in [0, 0.05) is 4.47 Å². The number of carboxylic acids is 1. The Bertz CT molecular complexity index is 730. The van der Waals surface area contributed by atoms with Gasteiger partial charge in [-0.3, -0.25) is 4.79 Å². The molecule has 0 aliphatic carbocycles. The van der Waals surface area contributed by atoms with Crippen molar-refractivity contribution in [2.75, 3.05) is 11.9 Å². The molecule has 0 atom stereocenters. The summed E-state index contributed by atoms with van der Waals surface area (Å²) in [7, 11) is 0. The van der Waals surface area contributed by atoms with Gasteiger partial charge in [0.15, 0.2) is 0 Å². The molecule has 0 bridgehead atoms. The lowest BCUT2D eigenvalue weighted by atomic mass is 10.1. The summed E-state index contributed by atoms with van der Waals surface area (Å²) in [6.45, 7) is 11.6. The number of anilines is 1. The molecule has 0 unspecified atom stereocenters. The predicted octanol–water partition coefficient (Wildman–Crippen LogP) is 6.55. The number of ether oxygens (including phenoxy) is 1. The Morgan fingerprint density at radius 2 is 1.76 bits per heavy atom. The fourth-order valence-corrected chi connectivity index (χ4v) is 2.29. The molecule has 2 aromatic rings. The van der Waals surface area contributed by atoms with Crippen LogP contribution in [0.3, 0.4) is 0 Å². The molecule has 0 aliphatic rings. The van der Waals surface area contributed by atoms with Gasteiger partial charge in [-0.2, -0.15) is 0 Å². The Morgan fingerprint density at radius 3 is 2.24 bits per heavy atom. The molecule has 0 aliphatic heterocycles. The van der Waals surface area contributed by atoms with Crippen LogP contribution in [-0.4, -0.2) is 24.1 Å². The number of nitrogens with one attached hydrogen (secondary N) is 1. The van der Waals surface area contributed by atoms with Crippen molar-refractivity contribution in [2.45, 2.75) is 47.5 Å². The fraction of sp³-hybridized carbons (Fsp3) is 0.391. The smallest absolute Gasteiger partial charge is 0.337 e. The highest BCUT2D eigenvalue weighted by Gasteiger charge is 2.09. The highest BCUT2D eigenvalue weighted by atomic mass is 79.9. The molecule has 2 N–H and O–H groups in total. The van der Waals surface area contributed by atoms with E-state index in [0.717, 1.165) is 18.8 Å². The van der Waals surface area contributed by atoms with Gasteiger partial charge in [0.05, 0.1) is 17.9 Å². The van der Waals surface area contributed by atoms with E-state index in [0.29, 0.717) is 16.8 Å². The SMILES string of the molecule is CCC.Cc1ccc(OCCC(C)C)cc1.O=CNc1ccc(Br)cc1C(=O)O. The van der Waals surface area contributed by atoms with E-state index in [4.69, 9.17) is 9.84 Å². The first-order chi connectivity index (χ1) is 13.7. The molecule has 0 spiro atoms. The van der Waals surface area contributed by atoms with E-state index in [9.17, 15) is 9.59 Å². The van der Waals surface area contributed by atoms with E-state index in [2.05, 4.69) is 68.0 Å². The third-order valence-electron chi connectivity index (χ3n) is 3.41. The minimum absolute atomic E-state index is 0.0569. The highest BCUT2D eigenvalue weighted by molar-refractivity contribution is 9.10. The zero-order valence-corrected chi connectivity index (χ0v) is 19.5. The molecule has 1 amide bonds. The third-order valence-corrected chi connectivity index (χ3v) is 3.90. The Labute approximate surface area is 182 Å². The lowest BCUT2D eigenvalue weighted by molar-refractivity contribution is -0.105. The zero-order valence-electron chi connectivity index (χ0n) is 17.9. The van der Waals surface area contributed by atoms with Crippen LogP contribution in [0.25, 0.3) is 0 Å². The van der Waals surface area contributed by atoms with Gasteiger partial charge in [0.2, 0.25) is 6.41 Å². The van der Waals surface area contributed by atoms with Crippen molar-refractivity contribution in [1.29, 1.82) is 0 Å². The molecule has 5 nitrogen and oxygen atoms in total. The van der Waals surface area contributed by atoms with Crippen LogP contribution in [0.1, 0.15) is 56.5 Å². The summed E-state index contributed by atoms with van der Waals surface area (Å²) in [5.41, 5.74) is 1.61. The molecule has 2 aromatic carbocycles. The maximum absolute atomic E-state index is 10.7. The van der Waals surface area contributed by atoms with Gasteiger partial charge in [-0.1, -0.05) is 67.7 Å². The van der Waals surface area contributed by atoms with Crippen LogP contribution >= 0.6 is 15.9 Å². The first kappa shape index (κ1) is 26.7. The minimum Gasteiger partial charge on any atom is -0.494 e.